The summed E-state index contributed by atoms with van der Waals surface area (Å²) in [4.78, 5) is 14.0. The molecule has 1 unspecified atom stereocenters. The number of rotatable bonds is 7. The molecule has 2 fully saturated rings. The van der Waals surface area contributed by atoms with Crippen LogP contribution in [0.5, 0.6) is 0 Å². The SMILES string of the molecule is CCN1CCC(CNC(=O)CNCC2CC2)C1. The second kappa shape index (κ2) is 6.36. The minimum Gasteiger partial charge on any atom is -0.355 e. The number of nitrogens with zero attached hydrogens (tertiary/aromatic N) is 1. The summed E-state index contributed by atoms with van der Waals surface area (Å²) in [5, 5.41) is 6.26. The van der Waals surface area contributed by atoms with Crippen molar-refractivity contribution in [1.82, 2.24) is 15.5 Å². The molecule has 1 aliphatic carbocycles. The molecule has 1 heterocycles. The number of amides is 1. The van der Waals surface area contributed by atoms with Crippen LogP contribution in [0.3, 0.4) is 0 Å². The molecule has 4 nitrogen and oxygen atoms in total. The van der Waals surface area contributed by atoms with Gasteiger partial charge < -0.3 is 15.5 Å². The van der Waals surface area contributed by atoms with Gasteiger partial charge in [0.15, 0.2) is 0 Å². The zero-order valence-electron chi connectivity index (χ0n) is 10.9. The minimum atomic E-state index is 0.153. The second-order valence-corrected chi connectivity index (χ2v) is 5.43. The predicted molar refractivity (Wildman–Crippen MR) is 68.8 cm³/mol. The lowest BCUT2D eigenvalue weighted by Gasteiger charge is -2.13. The zero-order chi connectivity index (χ0) is 12.1. The fourth-order valence-electron chi connectivity index (χ4n) is 2.40. The van der Waals surface area contributed by atoms with Crippen LogP contribution in [0.25, 0.3) is 0 Å². The van der Waals surface area contributed by atoms with E-state index < -0.39 is 0 Å². The topological polar surface area (TPSA) is 44.4 Å². The van der Waals surface area contributed by atoms with E-state index in [2.05, 4.69) is 22.5 Å². The molecule has 0 spiro atoms. The Morgan fingerprint density at radius 1 is 1.24 bits per heavy atom. The maximum absolute atomic E-state index is 11.6. The molecule has 17 heavy (non-hydrogen) atoms. The quantitative estimate of drug-likeness (QED) is 0.678. The smallest absolute Gasteiger partial charge is 0.233 e. The van der Waals surface area contributed by atoms with E-state index in [4.69, 9.17) is 0 Å². The van der Waals surface area contributed by atoms with E-state index in [9.17, 15) is 4.79 Å². The van der Waals surface area contributed by atoms with Crippen LogP contribution in [0, 0.1) is 11.8 Å². The van der Waals surface area contributed by atoms with Gasteiger partial charge in [0, 0.05) is 13.1 Å². The molecule has 2 N–H and O–H groups in total. The summed E-state index contributed by atoms with van der Waals surface area (Å²) in [6, 6.07) is 0. The summed E-state index contributed by atoms with van der Waals surface area (Å²) >= 11 is 0. The number of carbonyl (C=O) groups is 1. The van der Waals surface area contributed by atoms with Gasteiger partial charge in [0.05, 0.1) is 6.54 Å². The van der Waals surface area contributed by atoms with Crippen molar-refractivity contribution in [3.05, 3.63) is 0 Å². The Morgan fingerprint density at radius 2 is 2.06 bits per heavy atom. The number of nitrogens with one attached hydrogen (secondary N) is 2. The number of carbonyl (C=O) groups excluding carboxylic acids is 1. The van der Waals surface area contributed by atoms with Gasteiger partial charge in [-0.15, -0.1) is 0 Å². The van der Waals surface area contributed by atoms with E-state index in [1.165, 1.54) is 25.8 Å². The van der Waals surface area contributed by atoms with Crippen LogP contribution in [0.4, 0.5) is 0 Å². The van der Waals surface area contributed by atoms with E-state index in [1.807, 2.05) is 0 Å². The molecule has 2 aliphatic rings. The third kappa shape index (κ3) is 4.64. The lowest BCUT2D eigenvalue weighted by atomic mass is 10.1. The Labute approximate surface area is 104 Å². The van der Waals surface area contributed by atoms with Crippen molar-refractivity contribution >= 4 is 5.91 Å². The van der Waals surface area contributed by atoms with E-state index in [0.717, 1.165) is 32.1 Å². The number of likely N-dealkylation sites (tertiary alicyclic amines) is 1. The van der Waals surface area contributed by atoms with Crippen LogP contribution in [0.15, 0.2) is 0 Å². The second-order valence-electron chi connectivity index (χ2n) is 5.43. The van der Waals surface area contributed by atoms with Crippen molar-refractivity contribution in [3.63, 3.8) is 0 Å². The average molecular weight is 239 g/mol. The normalized spacial score (nSPS) is 25.1. The third-order valence-electron chi connectivity index (χ3n) is 3.82. The predicted octanol–water partition coefficient (Wildman–Crippen LogP) is 0.444. The molecule has 1 aliphatic heterocycles. The van der Waals surface area contributed by atoms with Crippen LogP contribution >= 0.6 is 0 Å². The molecule has 0 aromatic rings. The molecule has 4 heteroatoms. The van der Waals surface area contributed by atoms with Crippen molar-refractivity contribution in [3.8, 4) is 0 Å². The summed E-state index contributed by atoms with van der Waals surface area (Å²) in [6.07, 6.45) is 3.90. The molecule has 1 amide bonds. The lowest BCUT2D eigenvalue weighted by Crippen LogP contribution is -2.37. The molecule has 0 aromatic carbocycles. The Morgan fingerprint density at radius 3 is 2.71 bits per heavy atom. The maximum Gasteiger partial charge on any atom is 0.233 e. The van der Waals surface area contributed by atoms with Crippen LogP contribution in [0.2, 0.25) is 0 Å². The van der Waals surface area contributed by atoms with Gasteiger partial charge in [-0.3, -0.25) is 4.79 Å². The average Bonchev–Trinajstić information content (AvgIpc) is 3.04. The summed E-state index contributed by atoms with van der Waals surface area (Å²) in [5.74, 6) is 1.65. The van der Waals surface area contributed by atoms with E-state index in [0.29, 0.717) is 12.5 Å². The summed E-state index contributed by atoms with van der Waals surface area (Å²) < 4.78 is 0. The highest BCUT2D eigenvalue weighted by atomic mass is 16.1. The lowest BCUT2D eigenvalue weighted by molar-refractivity contribution is -0.120. The fraction of sp³-hybridized carbons (Fsp3) is 0.923. The molecule has 2 rings (SSSR count). The van der Waals surface area contributed by atoms with Crippen LogP contribution in [0.1, 0.15) is 26.2 Å². The first-order valence-corrected chi connectivity index (χ1v) is 6.97. The molecular weight excluding hydrogens is 214 g/mol. The van der Waals surface area contributed by atoms with Gasteiger partial charge in [-0.1, -0.05) is 6.92 Å². The number of hydrogen-bond donors (Lipinski definition) is 2. The van der Waals surface area contributed by atoms with E-state index in [1.54, 1.807) is 0 Å². The van der Waals surface area contributed by atoms with Gasteiger partial charge in [0.25, 0.3) is 0 Å². The number of hydrogen-bond acceptors (Lipinski definition) is 3. The molecule has 0 aromatic heterocycles. The highest BCUT2D eigenvalue weighted by molar-refractivity contribution is 5.77. The van der Waals surface area contributed by atoms with E-state index in [-0.39, 0.29) is 5.91 Å². The summed E-state index contributed by atoms with van der Waals surface area (Å²) in [6.45, 7) is 8.01. The Kier molecular flexibility index (Phi) is 4.80. The molecule has 1 saturated carbocycles. The molecular formula is C13H25N3O. The Bertz CT molecular complexity index is 253. The van der Waals surface area contributed by atoms with Gasteiger partial charge in [-0.2, -0.15) is 0 Å². The first-order chi connectivity index (χ1) is 8.28. The maximum atomic E-state index is 11.6. The van der Waals surface area contributed by atoms with Crippen molar-refractivity contribution in [2.45, 2.75) is 26.2 Å². The van der Waals surface area contributed by atoms with Gasteiger partial charge >= 0.3 is 0 Å². The first kappa shape index (κ1) is 12.8. The van der Waals surface area contributed by atoms with Crippen molar-refractivity contribution in [2.24, 2.45) is 11.8 Å². The molecule has 98 valence electrons. The monoisotopic (exact) mass is 239 g/mol. The summed E-state index contributed by atoms with van der Waals surface area (Å²) in [5.41, 5.74) is 0. The fourth-order valence-corrected chi connectivity index (χ4v) is 2.40. The van der Waals surface area contributed by atoms with Crippen molar-refractivity contribution in [2.75, 3.05) is 39.3 Å². The zero-order valence-corrected chi connectivity index (χ0v) is 10.9. The minimum absolute atomic E-state index is 0.153. The first-order valence-electron chi connectivity index (χ1n) is 6.97. The van der Waals surface area contributed by atoms with Crippen molar-refractivity contribution in [1.29, 1.82) is 0 Å². The third-order valence-corrected chi connectivity index (χ3v) is 3.82. The van der Waals surface area contributed by atoms with Gasteiger partial charge in [-0.05, 0) is 50.7 Å². The van der Waals surface area contributed by atoms with E-state index >= 15 is 0 Å². The van der Waals surface area contributed by atoms with Gasteiger partial charge in [0.2, 0.25) is 5.91 Å². The molecule has 1 atom stereocenters. The molecule has 0 radical (unpaired) electrons. The van der Waals surface area contributed by atoms with Crippen molar-refractivity contribution < 1.29 is 4.79 Å². The van der Waals surface area contributed by atoms with Gasteiger partial charge in [-0.25, -0.2) is 0 Å². The highest BCUT2D eigenvalue weighted by Gasteiger charge is 2.22. The Hall–Kier alpha value is -0.610. The van der Waals surface area contributed by atoms with Crippen LogP contribution in [-0.4, -0.2) is 50.1 Å². The largest absolute Gasteiger partial charge is 0.355 e. The molecule has 1 saturated heterocycles. The van der Waals surface area contributed by atoms with Crippen LogP contribution < -0.4 is 10.6 Å². The van der Waals surface area contributed by atoms with Crippen LogP contribution in [-0.2, 0) is 4.79 Å². The molecule has 0 bridgehead atoms. The standard InChI is InChI=1S/C13H25N3O/c1-2-16-6-5-12(10-16)8-15-13(17)9-14-7-11-3-4-11/h11-12,14H,2-10H2,1H3,(H,15,17). The highest BCUT2D eigenvalue weighted by Crippen LogP contribution is 2.27. The Balaban J connectivity index is 1.50. The summed E-state index contributed by atoms with van der Waals surface area (Å²) in [7, 11) is 0. The van der Waals surface area contributed by atoms with Gasteiger partial charge in [0.1, 0.15) is 0 Å².